The van der Waals surface area contributed by atoms with E-state index in [1.165, 1.54) is 0 Å². The van der Waals surface area contributed by atoms with Crippen molar-refractivity contribution < 1.29 is 36.8 Å². The Hall–Kier alpha value is -4.10. The van der Waals surface area contributed by atoms with Crippen molar-refractivity contribution in [3.8, 4) is 0 Å². The number of nitrogens with zero attached hydrogens (tertiary/aromatic N) is 5. The van der Waals surface area contributed by atoms with Crippen LogP contribution in [0, 0.1) is 0 Å². The fraction of sp³-hybridized carbons (Fsp3) is 0.469. The SMILES string of the molecule is CC1=CN(C)N(CCCS(=O)(=O)[O-])/C1=C/C=C/C=C/C1=Nc2c(ccc[n+]2CCCCCC(=O)ON2C(=O)CCC2=O)C1(C)C. The number of hydrogen-bond acceptors (Lipinski definition) is 10. The number of fused-ring (bicyclic) bond motifs is 1. The van der Waals surface area contributed by atoms with E-state index < -0.39 is 33.7 Å². The lowest BCUT2D eigenvalue weighted by molar-refractivity contribution is -0.684. The van der Waals surface area contributed by atoms with Gasteiger partial charge in [-0.05, 0) is 81.3 Å². The molecule has 0 aromatic carbocycles. The summed E-state index contributed by atoms with van der Waals surface area (Å²) in [6.45, 7) is 7.41. The van der Waals surface area contributed by atoms with Gasteiger partial charge in [0.15, 0.2) is 5.71 Å². The maximum atomic E-state index is 12.0. The summed E-state index contributed by atoms with van der Waals surface area (Å²) in [6.07, 6.45) is 16.4. The van der Waals surface area contributed by atoms with Crippen LogP contribution >= 0.6 is 0 Å². The second-order valence-electron chi connectivity index (χ2n) is 11.8. The Labute approximate surface area is 264 Å². The van der Waals surface area contributed by atoms with E-state index in [2.05, 4.69) is 24.5 Å². The number of rotatable bonds is 14. The van der Waals surface area contributed by atoms with E-state index in [0.717, 1.165) is 47.7 Å². The van der Waals surface area contributed by atoms with Gasteiger partial charge in [0.1, 0.15) is 0 Å². The second-order valence-corrected chi connectivity index (χ2v) is 13.4. The molecule has 1 saturated heterocycles. The fourth-order valence-corrected chi connectivity index (χ4v) is 6.02. The summed E-state index contributed by atoms with van der Waals surface area (Å²) in [5.41, 5.74) is 3.74. The number of hydroxylamine groups is 2. The van der Waals surface area contributed by atoms with Crippen molar-refractivity contribution in [2.24, 2.45) is 4.99 Å². The molecule has 0 N–H and O–H groups in total. The number of carbonyl (C=O) groups excluding carboxylic acids is 3. The zero-order chi connectivity index (χ0) is 32.8. The maximum Gasteiger partial charge on any atom is 0.333 e. The third-order valence-electron chi connectivity index (χ3n) is 8.00. The first-order valence-electron chi connectivity index (χ1n) is 15.1. The number of aliphatic imine (C=N–C) groups is 1. The number of pyridine rings is 1. The van der Waals surface area contributed by atoms with Gasteiger partial charge in [0, 0.05) is 44.8 Å². The van der Waals surface area contributed by atoms with Crippen molar-refractivity contribution in [3.63, 3.8) is 0 Å². The van der Waals surface area contributed by atoms with Crippen LogP contribution in [0.25, 0.3) is 0 Å². The van der Waals surface area contributed by atoms with Gasteiger partial charge < -0.3 is 9.39 Å². The monoisotopic (exact) mass is 639 g/mol. The third-order valence-corrected chi connectivity index (χ3v) is 8.79. The molecule has 4 heterocycles. The summed E-state index contributed by atoms with van der Waals surface area (Å²) >= 11 is 0. The number of unbranched alkanes of at least 4 members (excludes halogenated alkanes) is 2. The molecule has 1 aromatic heterocycles. The van der Waals surface area contributed by atoms with Gasteiger partial charge in [-0.1, -0.05) is 18.2 Å². The highest BCUT2D eigenvalue weighted by Crippen LogP contribution is 2.38. The van der Waals surface area contributed by atoms with Crippen LogP contribution in [0.15, 0.2) is 71.2 Å². The molecule has 3 aliphatic rings. The van der Waals surface area contributed by atoms with E-state index in [9.17, 15) is 27.4 Å². The van der Waals surface area contributed by atoms with E-state index in [-0.39, 0.29) is 31.1 Å². The summed E-state index contributed by atoms with van der Waals surface area (Å²) in [5, 5.41) is 4.42. The van der Waals surface area contributed by atoms with Gasteiger partial charge >= 0.3 is 11.8 Å². The molecule has 2 amide bonds. The Morgan fingerprint density at radius 1 is 1.11 bits per heavy atom. The Morgan fingerprint density at radius 3 is 2.56 bits per heavy atom. The summed E-state index contributed by atoms with van der Waals surface area (Å²) < 4.78 is 35.1. The lowest BCUT2D eigenvalue weighted by Crippen LogP contribution is -2.35. The van der Waals surface area contributed by atoms with E-state index in [0.29, 0.717) is 18.0 Å². The first kappa shape index (κ1) is 33.8. The average molecular weight is 640 g/mol. The molecule has 0 unspecified atom stereocenters. The van der Waals surface area contributed by atoms with Crippen molar-refractivity contribution in [3.05, 3.63) is 71.7 Å². The number of hydrogen-bond donors (Lipinski definition) is 0. The highest BCUT2D eigenvalue weighted by Gasteiger charge is 2.41. The molecule has 12 nitrogen and oxygen atoms in total. The smallest absolute Gasteiger partial charge is 0.333 e. The van der Waals surface area contributed by atoms with Crippen molar-refractivity contribution in [2.45, 2.75) is 77.7 Å². The molecule has 1 aromatic rings. The average Bonchev–Trinajstić information content (AvgIpc) is 3.52. The summed E-state index contributed by atoms with van der Waals surface area (Å²) in [5.74, 6) is -1.02. The van der Waals surface area contributed by atoms with Crippen molar-refractivity contribution in [1.29, 1.82) is 0 Å². The predicted octanol–water partition coefficient (Wildman–Crippen LogP) is 3.50. The Bertz CT molecular complexity index is 1570. The largest absolute Gasteiger partial charge is 0.748 e. The second kappa shape index (κ2) is 14.3. The minimum Gasteiger partial charge on any atom is -0.748 e. The van der Waals surface area contributed by atoms with Gasteiger partial charge in [0.2, 0.25) is 0 Å². The number of hydrazine groups is 1. The summed E-state index contributed by atoms with van der Waals surface area (Å²) in [7, 11) is -2.37. The van der Waals surface area contributed by atoms with E-state index in [4.69, 9.17) is 9.83 Å². The third kappa shape index (κ3) is 8.54. The first-order valence-corrected chi connectivity index (χ1v) is 16.7. The molecule has 0 spiro atoms. The molecule has 242 valence electrons. The minimum atomic E-state index is -4.25. The number of aryl methyl sites for hydroxylation is 1. The molecule has 0 atom stereocenters. The molecule has 45 heavy (non-hydrogen) atoms. The molecule has 3 aliphatic heterocycles. The van der Waals surface area contributed by atoms with Gasteiger partial charge in [0.05, 0.1) is 39.5 Å². The highest BCUT2D eigenvalue weighted by molar-refractivity contribution is 7.85. The van der Waals surface area contributed by atoms with Gasteiger partial charge in [-0.15, -0.1) is 5.06 Å². The van der Waals surface area contributed by atoms with Crippen LogP contribution in [0.1, 0.15) is 71.3 Å². The van der Waals surface area contributed by atoms with Gasteiger partial charge in [0.25, 0.3) is 11.8 Å². The van der Waals surface area contributed by atoms with Crippen LogP contribution in [0.3, 0.4) is 0 Å². The molecule has 0 saturated carbocycles. The normalized spacial score (nSPS) is 19.0. The number of carbonyl (C=O) groups is 3. The lowest BCUT2D eigenvalue weighted by Gasteiger charge is -2.29. The quantitative estimate of drug-likeness (QED) is 0.0982. The molecule has 0 aliphatic carbocycles. The molecule has 0 bridgehead atoms. The van der Waals surface area contributed by atoms with Gasteiger partial charge in [-0.2, -0.15) is 0 Å². The maximum absolute atomic E-state index is 12.0. The minimum absolute atomic E-state index is 0.0785. The van der Waals surface area contributed by atoms with E-state index >= 15 is 0 Å². The van der Waals surface area contributed by atoms with Crippen LogP contribution in [0.4, 0.5) is 5.82 Å². The first-order chi connectivity index (χ1) is 21.3. The number of amides is 2. The summed E-state index contributed by atoms with van der Waals surface area (Å²) in [4.78, 5) is 45.2. The van der Waals surface area contributed by atoms with Gasteiger partial charge in [-0.25, -0.2) is 17.8 Å². The molecule has 13 heteroatoms. The van der Waals surface area contributed by atoms with E-state index in [1.807, 2.05) is 72.8 Å². The van der Waals surface area contributed by atoms with Crippen LogP contribution in [0.5, 0.6) is 0 Å². The zero-order valence-electron chi connectivity index (χ0n) is 26.3. The van der Waals surface area contributed by atoms with Crippen molar-refractivity contribution >= 4 is 39.4 Å². The van der Waals surface area contributed by atoms with Crippen LogP contribution in [-0.2, 0) is 41.3 Å². The van der Waals surface area contributed by atoms with Crippen LogP contribution in [-0.4, -0.2) is 70.9 Å². The molecular weight excluding hydrogens is 598 g/mol. The Balaban J connectivity index is 1.31. The van der Waals surface area contributed by atoms with Gasteiger partial charge in [-0.3, -0.25) is 19.6 Å². The Morgan fingerprint density at radius 2 is 1.84 bits per heavy atom. The van der Waals surface area contributed by atoms with Crippen molar-refractivity contribution in [2.75, 3.05) is 19.3 Å². The van der Waals surface area contributed by atoms with Crippen molar-refractivity contribution in [1.82, 2.24) is 15.1 Å². The predicted molar refractivity (Wildman–Crippen MR) is 166 cm³/mol. The molecule has 0 radical (unpaired) electrons. The Kier molecular flexibility index (Phi) is 10.8. The lowest BCUT2D eigenvalue weighted by atomic mass is 9.82. The number of aromatic nitrogens is 1. The van der Waals surface area contributed by atoms with Crippen LogP contribution < -0.4 is 4.57 Å². The zero-order valence-corrected chi connectivity index (χ0v) is 27.1. The fourth-order valence-electron chi connectivity index (χ4n) is 5.54. The van der Waals surface area contributed by atoms with E-state index in [1.54, 1.807) is 0 Å². The summed E-state index contributed by atoms with van der Waals surface area (Å²) in [6, 6.07) is 4.11. The number of allylic oxidation sites excluding steroid dienone is 6. The molecular formula is C32H41N5O7S. The van der Waals surface area contributed by atoms with Crippen LogP contribution in [0.2, 0.25) is 0 Å². The molecule has 4 rings (SSSR count). The molecule has 1 fully saturated rings. The standard InChI is InChI=1S/C32H41N5O7S/c1-24-23-34(4)36(21-12-22-45(41,42)43)26(24)14-7-5-8-15-27-32(2,3)25-13-11-20-35(31(25)33-27)19-10-6-9-16-30(40)44-37-28(38)17-18-29(37)39/h5,7-8,11,13-15,20,23H,6,9-10,12,16-19,21-22H2,1-4H3. The number of imide groups is 1. The highest BCUT2D eigenvalue weighted by atomic mass is 32.2. The topological polar surface area (TPSA) is 144 Å².